The van der Waals surface area contributed by atoms with Crippen LogP contribution in [0.3, 0.4) is 0 Å². The summed E-state index contributed by atoms with van der Waals surface area (Å²) in [6.07, 6.45) is 0.447. The van der Waals surface area contributed by atoms with Gasteiger partial charge in [0.1, 0.15) is 17.0 Å². The maximum Gasteiger partial charge on any atom is 0.435 e. The molecule has 1 fully saturated rings. The van der Waals surface area contributed by atoms with Crippen molar-refractivity contribution >= 4 is 23.1 Å². The molecule has 192 valence electrons. The number of likely N-dealkylation sites (tertiary alicyclic amines) is 1. The van der Waals surface area contributed by atoms with E-state index in [1.54, 1.807) is 18.3 Å². The van der Waals surface area contributed by atoms with Crippen LogP contribution in [0.5, 0.6) is 0 Å². The quantitative estimate of drug-likeness (QED) is 0.433. The van der Waals surface area contributed by atoms with Gasteiger partial charge in [-0.05, 0) is 61.1 Å². The van der Waals surface area contributed by atoms with Crippen molar-refractivity contribution in [1.82, 2.24) is 24.1 Å². The van der Waals surface area contributed by atoms with Crippen LogP contribution in [-0.2, 0) is 13.2 Å². The van der Waals surface area contributed by atoms with Crippen molar-refractivity contribution in [2.75, 3.05) is 18.4 Å². The van der Waals surface area contributed by atoms with Crippen LogP contribution in [0, 0.1) is 6.92 Å². The molecule has 0 aliphatic carbocycles. The fourth-order valence-corrected chi connectivity index (χ4v) is 4.67. The Morgan fingerprint density at radius 1 is 1.03 bits per heavy atom. The van der Waals surface area contributed by atoms with Gasteiger partial charge in [-0.2, -0.15) is 18.3 Å². The first-order valence-corrected chi connectivity index (χ1v) is 11.9. The number of nitrogens with one attached hydrogen (secondary N) is 1. The number of carbonyl (C=O) groups excluding carboxylic acids is 2. The molecule has 4 aromatic rings. The number of alkyl halides is 3. The number of rotatable bonds is 4. The van der Waals surface area contributed by atoms with E-state index in [1.165, 1.54) is 7.05 Å². The normalized spacial score (nSPS) is 14.8. The van der Waals surface area contributed by atoms with Crippen LogP contribution in [-0.4, -0.2) is 49.0 Å². The van der Waals surface area contributed by atoms with E-state index in [4.69, 9.17) is 0 Å². The van der Waals surface area contributed by atoms with E-state index in [9.17, 15) is 22.8 Å². The van der Waals surface area contributed by atoms with Crippen molar-refractivity contribution in [2.24, 2.45) is 7.05 Å². The van der Waals surface area contributed by atoms with Gasteiger partial charge in [-0.3, -0.25) is 18.7 Å². The number of aryl methyl sites for hydroxylation is 2. The minimum absolute atomic E-state index is 0.0447. The van der Waals surface area contributed by atoms with Crippen LogP contribution in [0.4, 0.5) is 18.9 Å². The number of anilines is 1. The molecular weight excluding hydrogens is 485 g/mol. The molecule has 0 saturated carbocycles. The van der Waals surface area contributed by atoms with Gasteiger partial charge in [-0.1, -0.05) is 12.1 Å². The number of hydrogen-bond donors (Lipinski definition) is 1. The van der Waals surface area contributed by atoms with Gasteiger partial charge in [0.2, 0.25) is 0 Å². The summed E-state index contributed by atoms with van der Waals surface area (Å²) in [4.78, 5) is 31.8. The third-order valence-electron chi connectivity index (χ3n) is 6.71. The molecule has 0 atom stereocenters. The maximum absolute atomic E-state index is 13.1. The van der Waals surface area contributed by atoms with E-state index in [2.05, 4.69) is 15.4 Å². The smallest absolute Gasteiger partial charge is 0.337 e. The Labute approximate surface area is 210 Å². The third-order valence-corrected chi connectivity index (χ3v) is 6.71. The highest BCUT2D eigenvalue weighted by Crippen LogP contribution is 2.31. The van der Waals surface area contributed by atoms with E-state index in [1.807, 2.05) is 46.7 Å². The number of aromatic nitrogens is 4. The van der Waals surface area contributed by atoms with Gasteiger partial charge < -0.3 is 10.2 Å². The number of pyridine rings is 1. The molecule has 4 heterocycles. The lowest BCUT2D eigenvalue weighted by atomic mass is 9.89. The number of fused-ring (bicyclic) bond motifs is 1. The molecule has 1 N–H and O–H groups in total. The Bertz CT molecular complexity index is 1460. The van der Waals surface area contributed by atoms with Gasteiger partial charge in [0.05, 0.1) is 6.20 Å². The highest BCUT2D eigenvalue weighted by molar-refractivity contribution is 6.03. The zero-order chi connectivity index (χ0) is 26.3. The third kappa shape index (κ3) is 4.93. The highest BCUT2D eigenvalue weighted by Gasteiger charge is 2.35. The summed E-state index contributed by atoms with van der Waals surface area (Å²) in [6.45, 7) is 3.21. The van der Waals surface area contributed by atoms with Crippen molar-refractivity contribution < 1.29 is 22.8 Å². The Morgan fingerprint density at radius 2 is 1.73 bits per heavy atom. The van der Waals surface area contributed by atoms with Crippen molar-refractivity contribution in [3.63, 3.8) is 0 Å². The first-order valence-electron chi connectivity index (χ1n) is 11.9. The maximum atomic E-state index is 13.1. The average Bonchev–Trinajstić information content (AvgIpc) is 3.47. The van der Waals surface area contributed by atoms with Crippen molar-refractivity contribution in [1.29, 1.82) is 0 Å². The van der Waals surface area contributed by atoms with Crippen molar-refractivity contribution in [3.8, 4) is 0 Å². The summed E-state index contributed by atoms with van der Waals surface area (Å²) in [5.41, 5.74) is 2.62. The zero-order valence-electron chi connectivity index (χ0n) is 20.3. The zero-order valence-corrected chi connectivity index (χ0v) is 20.3. The lowest BCUT2D eigenvalue weighted by Gasteiger charge is -2.32. The summed E-state index contributed by atoms with van der Waals surface area (Å²) in [6, 6.07) is 11.9. The van der Waals surface area contributed by atoms with Crippen LogP contribution >= 0.6 is 0 Å². The fraction of sp³-hybridized carbons (Fsp3) is 0.308. The Morgan fingerprint density at radius 3 is 2.38 bits per heavy atom. The molecule has 8 nitrogen and oxygen atoms in total. The summed E-state index contributed by atoms with van der Waals surface area (Å²) < 4.78 is 41.3. The van der Waals surface area contributed by atoms with Gasteiger partial charge in [0.25, 0.3) is 11.8 Å². The molecule has 1 aromatic carbocycles. The number of benzene rings is 1. The van der Waals surface area contributed by atoms with E-state index in [0.29, 0.717) is 24.5 Å². The minimum atomic E-state index is -4.62. The minimum Gasteiger partial charge on any atom is -0.337 e. The van der Waals surface area contributed by atoms with Gasteiger partial charge >= 0.3 is 6.18 Å². The molecule has 3 aromatic heterocycles. The van der Waals surface area contributed by atoms with Crippen LogP contribution in [0.15, 0.2) is 54.9 Å². The number of imidazole rings is 1. The SMILES string of the molecule is Cc1ccn2c(C(=O)N3CCC(c4ccc(NC(=O)c5cc(C(F)(F)F)nn5C)cc4)CC3)cnc2c1. The lowest BCUT2D eigenvalue weighted by Crippen LogP contribution is -2.38. The Kier molecular flexibility index (Phi) is 6.22. The highest BCUT2D eigenvalue weighted by atomic mass is 19.4. The number of nitrogens with zero attached hydrogens (tertiary/aromatic N) is 5. The van der Waals surface area contributed by atoms with Gasteiger partial charge in [0.15, 0.2) is 5.69 Å². The van der Waals surface area contributed by atoms with Gasteiger partial charge in [-0.25, -0.2) is 4.98 Å². The number of halogens is 3. The summed E-state index contributed by atoms with van der Waals surface area (Å²) in [7, 11) is 1.29. The summed E-state index contributed by atoms with van der Waals surface area (Å²) >= 11 is 0. The average molecular weight is 511 g/mol. The molecule has 0 radical (unpaired) electrons. The van der Waals surface area contributed by atoms with Crippen LogP contribution in [0.1, 0.15) is 56.6 Å². The van der Waals surface area contributed by atoms with E-state index < -0.39 is 17.8 Å². The molecule has 0 unspecified atom stereocenters. The number of piperidine rings is 1. The summed E-state index contributed by atoms with van der Waals surface area (Å²) in [5, 5.41) is 5.99. The molecule has 1 saturated heterocycles. The predicted molar refractivity (Wildman–Crippen MR) is 130 cm³/mol. The molecule has 1 aliphatic rings. The van der Waals surface area contributed by atoms with E-state index in [0.717, 1.165) is 40.4 Å². The molecule has 0 spiro atoms. The first kappa shape index (κ1) is 24.5. The van der Waals surface area contributed by atoms with E-state index in [-0.39, 0.29) is 17.5 Å². The first-order chi connectivity index (χ1) is 17.6. The molecule has 37 heavy (non-hydrogen) atoms. The number of amides is 2. The number of carbonyl (C=O) groups is 2. The molecule has 0 bridgehead atoms. The van der Waals surface area contributed by atoms with Gasteiger partial charge in [0, 0.05) is 38.1 Å². The fourth-order valence-electron chi connectivity index (χ4n) is 4.67. The number of hydrogen-bond acceptors (Lipinski definition) is 4. The van der Waals surface area contributed by atoms with Crippen molar-refractivity contribution in [2.45, 2.75) is 31.9 Å². The van der Waals surface area contributed by atoms with E-state index >= 15 is 0 Å². The van der Waals surface area contributed by atoms with Crippen molar-refractivity contribution in [3.05, 3.63) is 83.1 Å². The van der Waals surface area contributed by atoms with Gasteiger partial charge in [-0.15, -0.1) is 0 Å². The summed E-state index contributed by atoms with van der Waals surface area (Å²) in [5.74, 6) is -0.464. The van der Waals surface area contributed by atoms with Crippen LogP contribution < -0.4 is 5.32 Å². The Hall–Kier alpha value is -4.15. The molecular formula is C26H25F3N6O2. The second-order valence-corrected chi connectivity index (χ2v) is 9.25. The topological polar surface area (TPSA) is 84.5 Å². The molecule has 1 aliphatic heterocycles. The monoisotopic (exact) mass is 510 g/mol. The van der Waals surface area contributed by atoms with Crippen LogP contribution in [0.25, 0.3) is 5.65 Å². The Balaban J connectivity index is 1.19. The second-order valence-electron chi connectivity index (χ2n) is 9.25. The molecule has 11 heteroatoms. The molecule has 2 amide bonds. The standard InChI is InChI=1S/C26H25F3N6O2/c1-16-7-12-35-21(15-30-23(35)13-16)25(37)34-10-8-18(9-11-34)17-3-5-19(6-4-17)31-24(36)20-14-22(26(27,28)29)32-33(20)2/h3-7,12-15,18H,8-11H2,1-2H3,(H,31,36). The predicted octanol–water partition coefficient (Wildman–Crippen LogP) is 4.67. The van der Waals surface area contributed by atoms with Crippen LogP contribution in [0.2, 0.25) is 0 Å². The second kappa shape index (κ2) is 9.38. The lowest BCUT2D eigenvalue weighted by molar-refractivity contribution is -0.141. The molecule has 5 rings (SSSR count). The largest absolute Gasteiger partial charge is 0.435 e.